The number of amides is 2. The molecule has 9 nitrogen and oxygen atoms in total. The van der Waals surface area contributed by atoms with E-state index in [1.807, 2.05) is 30.3 Å². The second-order valence-corrected chi connectivity index (χ2v) is 8.50. The summed E-state index contributed by atoms with van der Waals surface area (Å²) in [5, 5.41) is 11.9. The largest absolute Gasteiger partial charge is 0.451 e. The molecular weight excluding hydrogens is 434 g/mol. The van der Waals surface area contributed by atoms with Crippen molar-refractivity contribution in [3.05, 3.63) is 72.3 Å². The van der Waals surface area contributed by atoms with Crippen molar-refractivity contribution < 1.29 is 27.5 Å². The van der Waals surface area contributed by atoms with Crippen LogP contribution in [0.15, 0.2) is 71.6 Å². The Bertz CT molecular complexity index is 1270. The molecule has 0 aromatic heterocycles. The van der Waals surface area contributed by atoms with E-state index in [0.29, 0.717) is 11.3 Å². The van der Waals surface area contributed by atoms with Crippen molar-refractivity contribution in [1.82, 2.24) is 5.32 Å². The summed E-state index contributed by atoms with van der Waals surface area (Å²) in [7, 11) is -3.84. The molecular formula is C22H21N3O6S. The highest BCUT2D eigenvalue weighted by Gasteiger charge is 2.19. The Balaban J connectivity index is 1.50. The maximum Gasteiger partial charge on any atom is 0.326 e. The second-order valence-electron chi connectivity index (χ2n) is 6.94. The van der Waals surface area contributed by atoms with Crippen LogP contribution in [0.3, 0.4) is 0 Å². The number of nitrogens with one attached hydrogen (secondary N) is 2. The Kier molecular flexibility index (Phi) is 6.86. The molecule has 0 aliphatic rings. The van der Waals surface area contributed by atoms with Crippen LogP contribution in [-0.2, 0) is 24.3 Å². The average Bonchev–Trinajstić information content (AvgIpc) is 2.76. The summed E-state index contributed by atoms with van der Waals surface area (Å²) in [6.45, 7) is 0.962. The van der Waals surface area contributed by atoms with Crippen LogP contribution in [-0.4, -0.2) is 38.9 Å². The zero-order valence-corrected chi connectivity index (χ0v) is 17.9. The van der Waals surface area contributed by atoms with Crippen molar-refractivity contribution >= 4 is 44.3 Å². The minimum Gasteiger partial charge on any atom is -0.451 e. The summed E-state index contributed by atoms with van der Waals surface area (Å²) in [5.41, 5.74) is 0.695. The predicted octanol–water partition coefficient (Wildman–Crippen LogP) is 1.79. The summed E-state index contributed by atoms with van der Waals surface area (Å²) >= 11 is 0. The number of fused-ring (bicyclic) bond motifs is 1. The molecule has 10 heteroatoms. The number of hydrogen-bond acceptors (Lipinski definition) is 6. The summed E-state index contributed by atoms with van der Waals surface area (Å²) in [5.74, 6) is -1.85. The van der Waals surface area contributed by atoms with Gasteiger partial charge in [-0.25, -0.2) is 13.6 Å². The van der Waals surface area contributed by atoms with Gasteiger partial charge in [-0.15, -0.1) is 0 Å². The van der Waals surface area contributed by atoms with Crippen LogP contribution < -0.4 is 15.8 Å². The lowest BCUT2D eigenvalue weighted by Crippen LogP contribution is -2.35. The molecule has 0 saturated carbocycles. The smallest absolute Gasteiger partial charge is 0.326 e. The van der Waals surface area contributed by atoms with E-state index in [0.717, 1.165) is 10.8 Å². The highest BCUT2D eigenvalue weighted by Crippen LogP contribution is 2.16. The number of esters is 1. The first-order chi connectivity index (χ1) is 15.1. The lowest BCUT2D eigenvalue weighted by atomic mass is 10.1. The van der Waals surface area contributed by atoms with Crippen molar-refractivity contribution in [2.45, 2.75) is 17.9 Å². The monoisotopic (exact) mass is 455 g/mol. The maximum atomic E-state index is 12.3. The molecule has 0 saturated heterocycles. The van der Waals surface area contributed by atoms with Crippen molar-refractivity contribution in [3.63, 3.8) is 0 Å². The molecule has 32 heavy (non-hydrogen) atoms. The first kappa shape index (κ1) is 22.9. The first-order valence-electron chi connectivity index (χ1n) is 9.54. The number of benzene rings is 3. The van der Waals surface area contributed by atoms with Gasteiger partial charge in [0.1, 0.15) is 6.54 Å². The Morgan fingerprint density at radius 3 is 2.28 bits per heavy atom. The fourth-order valence-electron chi connectivity index (χ4n) is 2.85. The number of carbonyl (C=O) groups is 3. The molecule has 0 aliphatic heterocycles. The fourth-order valence-corrected chi connectivity index (χ4v) is 3.36. The van der Waals surface area contributed by atoms with Gasteiger partial charge in [-0.2, -0.15) is 0 Å². The van der Waals surface area contributed by atoms with Crippen molar-refractivity contribution in [2.24, 2.45) is 5.14 Å². The number of rotatable bonds is 7. The van der Waals surface area contributed by atoms with Crippen LogP contribution in [0.5, 0.6) is 0 Å². The van der Waals surface area contributed by atoms with E-state index in [9.17, 15) is 22.8 Å². The lowest BCUT2D eigenvalue weighted by molar-refractivity contribution is -0.152. The summed E-state index contributed by atoms with van der Waals surface area (Å²) in [6.07, 6.45) is -1.14. The van der Waals surface area contributed by atoms with Gasteiger partial charge < -0.3 is 15.4 Å². The normalized spacial score (nSPS) is 12.1. The van der Waals surface area contributed by atoms with Crippen LogP contribution >= 0.6 is 0 Å². The number of carbonyl (C=O) groups excluding carboxylic acids is 3. The number of primary sulfonamides is 1. The highest BCUT2D eigenvalue weighted by molar-refractivity contribution is 7.89. The third-order valence-electron chi connectivity index (χ3n) is 4.53. The molecule has 166 valence electrons. The zero-order valence-electron chi connectivity index (χ0n) is 17.1. The van der Waals surface area contributed by atoms with Gasteiger partial charge in [-0.1, -0.05) is 30.3 Å². The number of ether oxygens (including phenoxy) is 1. The van der Waals surface area contributed by atoms with E-state index in [1.54, 1.807) is 12.1 Å². The number of anilines is 1. The SMILES string of the molecule is C[C@H](OC(=O)CNC(=O)c1ccc2ccccc2c1)C(=O)Nc1ccc(S(N)(=O)=O)cc1. The number of nitrogens with two attached hydrogens (primary N) is 1. The molecule has 0 radical (unpaired) electrons. The average molecular weight is 455 g/mol. The molecule has 0 fully saturated rings. The van der Waals surface area contributed by atoms with E-state index < -0.39 is 40.5 Å². The van der Waals surface area contributed by atoms with Gasteiger partial charge in [0.2, 0.25) is 10.0 Å². The maximum absolute atomic E-state index is 12.3. The van der Waals surface area contributed by atoms with Crippen LogP contribution in [0.2, 0.25) is 0 Å². The van der Waals surface area contributed by atoms with E-state index in [1.165, 1.54) is 31.2 Å². The molecule has 0 bridgehead atoms. The molecule has 3 aromatic rings. The Hall–Kier alpha value is -3.76. The summed E-state index contributed by atoms with van der Waals surface area (Å²) in [4.78, 5) is 36.4. The fraction of sp³-hybridized carbons (Fsp3) is 0.136. The first-order valence-corrected chi connectivity index (χ1v) is 11.1. The minimum atomic E-state index is -3.84. The predicted molar refractivity (Wildman–Crippen MR) is 118 cm³/mol. The molecule has 0 unspecified atom stereocenters. The topological polar surface area (TPSA) is 145 Å². The Morgan fingerprint density at radius 2 is 1.62 bits per heavy atom. The standard InChI is InChI=1S/C22H21N3O6S/c1-14(21(27)25-18-8-10-19(11-9-18)32(23,29)30)31-20(26)13-24-22(28)17-7-6-15-4-2-3-5-16(15)12-17/h2-12,14H,13H2,1H3,(H,24,28)(H,25,27)(H2,23,29,30)/t14-/m0/s1. The van der Waals surface area contributed by atoms with Gasteiger partial charge in [0, 0.05) is 11.3 Å². The molecule has 2 amide bonds. The number of hydrogen-bond donors (Lipinski definition) is 3. The van der Waals surface area contributed by atoms with Crippen LogP contribution in [0, 0.1) is 0 Å². The van der Waals surface area contributed by atoms with Gasteiger partial charge in [0.05, 0.1) is 4.90 Å². The van der Waals surface area contributed by atoms with Crippen molar-refractivity contribution in [1.29, 1.82) is 0 Å². The Morgan fingerprint density at radius 1 is 0.969 bits per heavy atom. The molecule has 0 spiro atoms. The Labute approximate surface area is 184 Å². The van der Waals surface area contributed by atoms with Crippen molar-refractivity contribution in [2.75, 3.05) is 11.9 Å². The van der Waals surface area contributed by atoms with Gasteiger partial charge >= 0.3 is 5.97 Å². The molecule has 1 atom stereocenters. The van der Waals surface area contributed by atoms with E-state index >= 15 is 0 Å². The van der Waals surface area contributed by atoms with Gasteiger partial charge in [0.25, 0.3) is 11.8 Å². The molecule has 3 aromatic carbocycles. The highest BCUT2D eigenvalue weighted by atomic mass is 32.2. The van der Waals surface area contributed by atoms with E-state index in [-0.39, 0.29) is 4.90 Å². The van der Waals surface area contributed by atoms with Crippen LogP contribution in [0.1, 0.15) is 17.3 Å². The second kappa shape index (κ2) is 9.58. The third-order valence-corrected chi connectivity index (χ3v) is 5.46. The van der Waals surface area contributed by atoms with Crippen molar-refractivity contribution in [3.8, 4) is 0 Å². The molecule has 3 rings (SSSR count). The quantitative estimate of drug-likeness (QED) is 0.463. The van der Waals surface area contributed by atoms with E-state index in [4.69, 9.17) is 9.88 Å². The lowest BCUT2D eigenvalue weighted by Gasteiger charge is -2.14. The van der Waals surface area contributed by atoms with Gasteiger partial charge in [-0.05, 0) is 54.1 Å². The molecule has 0 aliphatic carbocycles. The summed E-state index contributed by atoms with van der Waals surface area (Å²) < 4.78 is 27.6. The molecule has 0 heterocycles. The van der Waals surface area contributed by atoms with Crippen LogP contribution in [0.25, 0.3) is 10.8 Å². The van der Waals surface area contributed by atoms with Gasteiger partial charge in [0.15, 0.2) is 6.10 Å². The van der Waals surface area contributed by atoms with Gasteiger partial charge in [-0.3, -0.25) is 14.4 Å². The minimum absolute atomic E-state index is 0.0999. The number of sulfonamides is 1. The van der Waals surface area contributed by atoms with Crippen LogP contribution in [0.4, 0.5) is 5.69 Å². The van der Waals surface area contributed by atoms with E-state index in [2.05, 4.69) is 10.6 Å². The molecule has 4 N–H and O–H groups in total. The zero-order chi connectivity index (χ0) is 23.3. The third kappa shape index (κ3) is 5.90. The summed E-state index contributed by atoms with van der Waals surface area (Å²) in [6, 6.07) is 17.9.